The molecule has 0 aliphatic heterocycles. The third-order valence-corrected chi connectivity index (χ3v) is 2.51. The van der Waals surface area contributed by atoms with Crippen molar-refractivity contribution in [1.29, 1.82) is 0 Å². The van der Waals surface area contributed by atoms with E-state index in [0.29, 0.717) is 6.54 Å². The number of amides is 1. The topological polar surface area (TPSA) is 52.6 Å². The van der Waals surface area contributed by atoms with E-state index in [1.54, 1.807) is 0 Å². The molecule has 1 aromatic carbocycles. The average Bonchev–Trinajstić information content (AvgIpc) is 2.36. The SMILES string of the molecule is CCCNC(=O)CN(C)c1ccc(CO)cc1. The third-order valence-electron chi connectivity index (χ3n) is 2.51. The van der Waals surface area contributed by atoms with E-state index in [4.69, 9.17) is 5.11 Å². The molecule has 0 saturated heterocycles. The lowest BCUT2D eigenvalue weighted by atomic mass is 10.2. The fourth-order valence-electron chi connectivity index (χ4n) is 1.48. The number of benzene rings is 1. The van der Waals surface area contributed by atoms with E-state index in [-0.39, 0.29) is 12.5 Å². The average molecular weight is 236 g/mol. The summed E-state index contributed by atoms with van der Waals surface area (Å²) in [5, 5.41) is 11.8. The van der Waals surface area contributed by atoms with Gasteiger partial charge in [-0.1, -0.05) is 19.1 Å². The van der Waals surface area contributed by atoms with Crippen molar-refractivity contribution in [2.45, 2.75) is 20.0 Å². The molecule has 0 atom stereocenters. The molecule has 2 N–H and O–H groups in total. The quantitative estimate of drug-likeness (QED) is 0.779. The lowest BCUT2D eigenvalue weighted by Gasteiger charge is -2.18. The van der Waals surface area contributed by atoms with E-state index in [1.165, 1.54) is 0 Å². The molecule has 1 amide bonds. The van der Waals surface area contributed by atoms with Gasteiger partial charge >= 0.3 is 0 Å². The van der Waals surface area contributed by atoms with E-state index in [2.05, 4.69) is 5.32 Å². The molecule has 17 heavy (non-hydrogen) atoms. The minimum Gasteiger partial charge on any atom is -0.392 e. The summed E-state index contributed by atoms with van der Waals surface area (Å²) < 4.78 is 0. The molecule has 0 bridgehead atoms. The molecule has 4 nitrogen and oxygen atoms in total. The molecule has 0 aliphatic carbocycles. The molecule has 1 aromatic rings. The van der Waals surface area contributed by atoms with Gasteiger partial charge in [-0.15, -0.1) is 0 Å². The second-order valence-electron chi connectivity index (χ2n) is 4.03. The van der Waals surface area contributed by atoms with Gasteiger partial charge in [-0.05, 0) is 24.1 Å². The molecule has 0 unspecified atom stereocenters. The first-order valence-corrected chi connectivity index (χ1v) is 5.85. The fourth-order valence-corrected chi connectivity index (χ4v) is 1.48. The number of nitrogens with zero attached hydrogens (tertiary/aromatic N) is 1. The summed E-state index contributed by atoms with van der Waals surface area (Å²) in [5.41, 5.74) is 1.84. The Balaban J connectivity index is 2.51. The predicted molar refractivity (Wildman–Crippen MR) is 68.9 cm³/mol. The van der Waals surface area contributed by atoms with Gasteiger partial charge in [0.25, 0.3) is 0 Å². The van der Waals surface area contributed by atoms with Gasteiger partial charge in [-0.3, -0.25) is 4.79 Å². The number of carbonyl (C=O) groups is 1. The Morgan fingerprint density at radius 2 is 2.00 bits per heavy atom. The van der Waals surface area contributed by atoms with Crippen LogP contribution in [0.2, 0.25) is 0 Å². The van der Waals surface area contributed by atoms with E-state index in [1.807, 2.05) is 43.1 Å². The zero-order valence-electron chi connectivity index (χ0n) is 10.4. The number of aliphatic hydroxyl groups is 1. The van der Waals surface area contributed by atoms with Crippen molar-refractivity contribution in [3.05, 3.63) is 29.8 Å². The molecule has 0 aliphatic rings. The van der Waals surface area contributed by atoms with Gasteiger partial charge in [0.15, 0.2) is 0 Å². The molecule has 0 saturated carbocycles. The van der Waals surface area contributed by atoms with Crippen molar-refractivity contribution >= 4 is 11.6 Å². The smallest absolute Gasteiger partial charge is 0.239 e. The molecule has 0 fully saturated rings. The second kappa shape index (κ2) is 6.91. The number of hydrogen-bond donors (Lipinski definition) is 2. The Labute approximate surface area is 102 Å². The van der Waals surface area contributed by atoms with Gasteiger partial charge < -0.3 is 15.3 Å². The Morgan fingerprint density at radius 1 is 1.35 bits per heavy atom. The maximum Gasteiger partial charge on any atom is 0.239 e. The number of hydrogen-bond acceptors (Lipinski definition) is 3. The van der Waals surface area contributed by atoms with Gasteiger partial charge in [-0.2, -0.15) is 0 Å². The Morgan fingerprint density at radius 3 is 2.53 bits per heavy atom. The number of rotatable bonds is 6. The highest BCUT2D eigenvalue weighted by Crippen LogP contribution is 2.13. The van der Waals surface area contributed by atoms with Crippen LogP contribution in [0.25, 0.3) is 0 Å². The molecule has 0 spiro atoms. The summed E-state index contributed by atoms with van der Waals surface area (Å²) in [6.45, 7) is 3.13. The maximum absolute atomic E-state index is 11.5. The van der Waals surface area contributed by atoms with Crippen LogP contribution in [0.1, 0.15) is 18.9 Å². The summed E-state index contributed by atoms with van der Waals surface area (Å²) in [5.74, 6) is 0.0283. The number of aliphatic hydroxyl groups excluding tert-OH is 1. The maximum atomic E-state index is 11.5. The van der Waals surface area contributed by atoms with Crippen LogP contribution in [0.5, 0.6) is 0 Å². The second-order valence-corrected chi connectivity index (χ2v) is 4.03. The van der Waals surface area contributed by atoms with Crippen molar-refractivity contribution in [2.24, 2.45) is 0 Å². The normalized spacial score (nSPS) is 10.1. The summed E-state index contributed by atoms with van der Waals surface area (Å²) in [4.78, 5) is 13.4. The standard InChI is InChI=1S/C13H20N2O2/c1-3-8-14-13(17)9-15(2)12-6-4-11(10-16)5-7-12/h4-7,16H,3,8-10H2,1-2H3,(H,14,17). The Hall–Kier alpha value is -1.55. The van der Waals surface area contributed by atoms with Gasteiger partial charge in [0, 0.05) is 19.3 Å². The van der Waals surface area contributed by atoms with Crippen molar-refractivity contribution in [1.82, 2.24) is 5.32 Å². The molecule has 0 aromatic heterocycles. The number of likely N-dealkylation sites (N-methyl/N-ethyl adjacent to an activating group) is 1. The van der Waals surface area contributed by atoms with Gasteiger partial charge in [0.1, 0.15) is 0 Å². The molecule has 0 radical (unpaired) electrons. The van der Waals surface area contributed by atoms with Crippen molar-refractivity contribution in [3.8, 4) is 0 Å². The predicted octanol–water partition coefficient (Wildman–Crippen LogP) is 1.14. The zero-order chi connectivity index (χ0) is 12.7. The van der Waals surface area contributed by atoms with Crippen LogP contribution in [-0.4, -0.2) is 31.2 Å². The van der Waals surface area contributed by atoms with Crippen LogP contribution < -0.4 is 10.2 Å². The minimum atomic E-state index is 0.0283. The number of nitrogens with one attached hydrogen (secondary N) is 1. The highest BCUT2D eigenvalue weighted by atomic mass is 16.3. The van der Waals surface area contributed by atoms with E-state index >= 15 is 0 Å². The van der Waals surface area contributed by atoms with Crippen LogP contribution in [0, 0.1) is 0 Å². The van der Waals surface area contributed by atoms with Crippen molar-refractivity contribution in [3.63, 3.8) is 0 Å². The van der Waals surface area contributed by atoms with Crippen molar-refractivity contribution in [2.75, 3.05) is 25.0 Å². The largest absolute Gasteiger partial charge is 0.392 e. The van der Waals surface area contributed by atoms with Gasteiger partial charge in [0.05, 0.1) is 13.2 Å². The first-order valence-electron chi connectivity index (χ1n) is 5.85. The molecular formula is C13H20N2O2. The number of carbonyl (C=O) groups excluding carboxylic acids is 1. The third kappa shape index (κ3) is 4.44. The molecular weight excluding hydrogens is 216 g/mol. The van der Waals surface area contributed by atoms with Crippen LogP contribution >= 0.6 is 0 Å². The molecule has 0 heterocycles. The van der Waals surface area contributed by atoms with Crippen LogP contribution in [0.4, 0.5) is 5.69 Å². The zero-order valence-corrected chi connectivity index (χ0v) is 10.4. The van der Waals surface area contributed by atoms with Crippen molar-refractivity contribution < 1.29 is 9.90 Å². The van der Waals surface area contributed by atoms with Crippen LogP contribution in [-0.2, 0) is 11.4 Å². The summed E-state index contributed by atoms with van der Waals surface area (Å²) in [7, 11) is 1.87. The highest BCUT2D eigenvalue weighted by molar-refractivity contribution is 5.81. The summed E-state index contributed by atoms with van der Waals surface area (Å²) in [6, 6.07) is 7.52. The molecule has 4 heteroatoms. The lowest BCUT2D eigenvalue weighted by Crippen LogP contribution is -2.35. The first-order chi connectivity index (χ1) is 8.17. The first kappa shape index (κ1) is 13.5. The molecule has 94 valence electrons. The fraction of sp³-hybridized carbons (Fsp3) is 0.462. The minimum absolute atomic E-state index is 0.0283. The lowest BCUT2D eigenvalue weighted by molar-refractivity contribution is -0.119. The number of anilines is 1. The van der Waals surface area contributed by atoms with Gasteiger partial charge in [0.2, 0.25) is 5.91 Å². The van der Waals surface area contributed by atoms with E-state index in [0.717, 1.165) is 24.2 Å². The highest BCUT2D eigenvalue weighted by Gasteiger charge is 2.06. The summed E-state index contributed by atoms with van der Waals surface area (Å²) >= 11 is 0. The Kier molecular flexibility index (Phi) is 5.49. The summed E-state index contributed by atoms with van der Waals surface area (Å²) in [6.07, 6.45) is 0.945. The monoisotopic (exact) mass is 236 g/mol. The van der Waals surface area contributed by atoms with Crippen LogP contribution in [0.3, 0.4) is 0 Å². The van der Waals surface area contributed by atoms with E-state index < -0.39 is 0 Å². The Bertz CT molecular complexity index is 349. The van der Waals surface area contributed by atoms with Crippen LogP contribution in [0.15, 0.2) is 24.3 Å². The molecule has 1 rings (SSSR count). The van der Waals surface area contributed by atoms with E-state index in [9.17, 15) is 4.79 Å². The van der Waals surface area contributed by atoms with Gasteiger partial charge in [-0.25, -0.2) is 0 Å².